The van der Waals surface area contributed by atoms with E-state index in [2.05, 4.69) is 13.0 Å². The molecule has 0 aromatic rings. The molecule has 0 unspecified atom stereocenters. The summed E-state index contributed by atoms with van der Waals surface area (Å²) in [7, 11) is -3.11. The predicted octanol–water partition coefficient (Wildman–Crippen LogP) is 5.29. The molecule has 0 aliphatic heterocycles. The normalized spacial score (nSPS) is 13.4. The Morgan fingerprint density at radius 1 is 1.11 bits per heavy atom. The zero-order valence-electron chi connectivity index (χ0n) is 12.1. The van der Waals surface area contributed by atoms with Gasteiger partial charge in [-0.2, -0.15) is 0 Å². The van der Waals surface area contributed by atoms with E-state index in [-0.39, 0.29) is 0 Å². The van der Waals surface area contributed by atoms with Crippen LogP contribution in [0.3, 0.4) is 0 Å². The van der Waals surface area contributed by atoms with Gasteiger partial charge in [0.1, 0.15) is 0 Å². The maximum atomic E-state index is 12.5. The highest BCUT2D eigenvalue weighted by Crippen LogP contribution is 2.56. The summed E-state index contributed by atoms with van der Waals surface area (Å²) < 4.78 is 23.1. The van der Waals surface area contributed by atoms with E-state index in [1.54, 1.807) is 0 Å². The molecule has 0 aliphatic rings. The third-order valence-electron chi connectivity index (χ3n) is 2.47. The smallest absolute Gasteiger partial charge is 0.306 e. The van der Waals surface area contributed by atoms with Crippen molar-refractivity contribution in [1.82, 2.24) is 0 Å². The molecule has 0 rings (SSSR count). The molecule has 0 aromatic carbocycles. The van der Waals surface area contributed by atoms with E-state index in [1.807, 2.05) is 32.9 Å². The van der Waals surface area contributed by atoms with Gasteiger partial charge in [0.05, 0.1) is 18.5 Å². The minimum Gasteiger partial charge on any atom is -0.306 e. The van der Waals surface area contributed by atoms with Crippen LogP contribution in [0.1, 0.15) is 53.4 Å². The van der Waals surface area contributed by atoms with E-state index in [4.69, 9.17) is 9.05 Å². The molecule has 0 radical (unpaired) electrons. The molecule has 0 saturated heterocycles. The first-order valence-corrected chi connectivity index (χ1v) is 8.41. The predicted molar refractivity (Wildman–Crippen MR) is 77.9 cm³/mol. The molecule has 0 N–H and O–H groups in total. The Kier molecular flexibility index (Phi) is 10.3. The summed E-state index contributed by atoms with van der Waals surface area (Å²) >= 11 is 0. The van der Waals surface area contributed by atoms with Gasteiger partial charge in [-0.15, -0.1) is 0 Å². The lowest BCUT2D eigenvalue weighted by atomic mass is 10.2. The Balaban J connectivity index is 4.57. The van der Waals surface area contributed by atoms with Crippen molar-refractivity contribution in [2.75, 3.05) is 13.2 Å². The van der Waals surface area contributed by atoms with E-state index in [0.717, 1.165) is 12.8 Å². The van der Waals surface area contributed by atoms with Gasteiger partial charge in [0.2, 0.25) is 0 Å². The van der Waals surface area contributed by atoms with Gasteiger partial charge < -0.3 is 9.05 Å². The van der Waals surface area contributed by atoms with E-state index >= 15 is 0 Å². The topological polar surface area (TPSA) is 35.5 Å². The molecule has 4 heteroatoms. The van der Waals surface area contributed by atoms with E-state index in [1.165, 1.54) is 12.8 Å². The van der Waals surface area contributed by atoms with Crippen molar-refractivity contribution in [3.63, 3.8) is 0 Å². The third kappa shape index (κ3) is 6.53. The number of hydrogen-bond donors (Lipinski definition) is 0. The minimum absolute atomic E-state index is 0.387. The second-order valence-corrected chi connectivity index (χ2v) is 5.97. The molecule has 3 nitrogen and oxygen atoms in total. The molecule has 0 aliphatic carbocycles. The van der Waals surface area contributed by atoms with Gasteiger partial charge in [-0.1, -0.05) is 38.0 Å². The van der Waals surface area contributed by atoms with Crippen LogP contribution in [0.25, 0.3) is 0 Å². The molecule has 0 spiro atoms. The summed E-state index contributed by atoms with van der Waals surface area (Å²) in [5, 5.41) is 0.655. The van der Waals surface area contributed by atoms with Gasteiger partial charge in [-0.25, -0.2) is 0 Å². The summed E-state index contributed by atoms with van der Waals surface area (Å²) in [5.74, 6) is 0. The van der Waals surface area contributed by atoms with Crippen LogP contribution in [-0.4, -0.2) is 13.2 Å². The van der Waals surface area contributed by atoms with Gasteiger partial charge in [-0.3, -0.25) is 4.57 Å². The standard InChI is InChI=1S/C14H27O3P/c1-5-9-10-11-12-13-14(6-2)18(15,16-7-3)17-8-4/h6,12-13H,5,7-11H2,1-4H3/b13-12+,14-6+. The van der Waals surface area contributed by atoms with Crippen molar-refractivity contribution in [2.45, 2.75) is 53.4 Å². The SMILES string of the molecule is C/C=C(\C=C\CCCCC)P(=O)(OCC)OCC. The van der Waals surface area contributed by atoms with Crippen molar-refractivity contribution in [1.29, 1.82) is 0 Å². The fourth-order valence-corrected chi connectivity index (χ4v) is 3.24. The molecule has 106 valence electrons. The highest BCUT2D eigenvalue weighted by molar-refractivity contribution is 7.58. The number of hydrogen-bond acceptors (Lipinski definition) is 3. The zero-order valence-corrected chi connectivity index (χ0v) is 13.0. The van der Waals surface area contributed by atoms with Crippen LogP contribution in [0.15, 0.2) is 23.5 Å². The van der Waals surface area contributed by atoms with Crippen molar-refractivity contribution < 1.29 is 13.6 Å². The van der Waals surface area contributed by atoms with Crippen LogP contribution in [0.5, 0.6) is 0 Å². The van der Waals surface area contributed by atoms with Crippen molar-refractivity contribution in [2.24, 2.45) is 0 Å². The lowest BCUT2D eigenvalue weighted by Gasteiger charge is -2.17. The Hall–Kier alpha value is -0.370. The maximum Gasteiger partial charge on any atom is 0.360 e. The summed E-state index contributed by atoms with van der Waals surface area (Å²) in [6, 6.07) is 0. The number of allylic oxidation sites excluding steroid dienone is 4. The van der Waals surface area contributed by atoms with Crippen molar-refractivity contribution >= 4 is 7.60 Å². The highest BCUT2D eigenvalue weighted by atomic mass is 31.2. The quantitative estimate of drug-likeness (QED) is 0.308. The summed E-state index contributed by atoms with van der Waals surface area (Å²) in [6.45, 7) is 8.46. The Bertz CT molecular complexity index is 298. The van der Waals surface area contributed by atoms with Crippen molar-refractivity contribution in [3.05, 3.63) is 23.5 Å². The average molecular weight is 274 g/mol. The first-order chi connectivity index (χ1) is 8.64. The van der Waals surface area contributed by atoms with Gasteiger partial charge >= 0.3 is 7.60 Å². The van der Waals surface area contributed by atoms with Crippen LogP contribution in [0, 0.1) is 0 Å². The van der Waals surface area contributed by atoms with Crippen molar-refractivity contribution in [3.8, 4) is 0 Å². The zero-order chi connectivity index (χ0) is 13.9. The second-order valence-electron chi connectivity index (χ2n) is 3.94. The van der Waals surface area contributed by atoms with Gasteiger partial charge in [0.15, 0.2) is 0 Å². The fourth-order valence-electron chi connectivity index (χ4n) is 1.59. The molecule has 18 heavy (non-hydrogen) atoms. The van der Waals surface area contributed by atoms with E-state index < -0.39 is 7.60 Å². The monoisotopic (exact) mass is 274 g/mol. The molecule has 0 bridgehead atoms. The first kappa shape index (κ1) is 17.6. The largest absolute Gasteiger partial charge is 0.360 e. The summed E-state index contributed by atoms with van der Waals surface area (Å²) in [4.78, 5) is 0. The molecule has 0 amide bonds. The van der Waals surface area contributed by atoms with E-state index in [9.17, 15) is 4.57 Å². The van der Waals surface area contributed by atoms with Crippen LogP contribution in [0.2, 0.25) is 0 Å². The van der Waals surface area contributed by atoms with E-state index in [0.29, 0.717) is 18.5 Å². The molecule has 0 saturated carbocycles. The molecule has 0 atom stereocenters. The van der Waals surface area contributed by atoms with Crippen LogP contribution in [-0.2, 0) is 13.6 Å². The summed E-state index contributed by atoms with van der Waals surface area (Å²) in [6.07, 6.45) is 10.3. The molecule has 0 heterocycles. The van der Waals surface area contributed by atoms with Gasteiger partial charge in [-0.05, 0) is 33.6 Å². The highest BCUT2D eigenvalue weighted by Gasteiger charge is 2.26. The van der Waals surface area contributed by atoms with Crippen LogP contribution in [0.4, 0.5) is 0 Å². The Labute approximate surface area is 112 Å². The molecular weight excluding hydrogens is 247 g/mol. The Morgan fingerprint density at radius 3 is 2.17 bits per heavy atom. The lowest BCUT2D eigenvalue weighted by Crippen LogP contribution is -1.97. The minimum atomic E-state index is -3.11. The molecular formula is C14H27O3P. The van der Waals surface area contributed by atoms with Crippen LogP contribution < -0.4 is 0 Å². The number of unbranched alkanes of at least 4 members (excludes halogenated alkanes) is 3. The van der Waals surface area contributed by atoms with Gasteiger partial charge in [0.25, 0.3) is 0 Å². The Morgan fingerprint density at radius 2 is 1.72 bits per heavy atom. The first-order valence-electron chi connectivity index (χ1n) is 6.87. The molecule has 0 fully saturated rings. The summed E-state index contributed by atoms with van der Waals surface area (Å²) in [5.41, 5.74) is 0. The number of rotatable bonds is 10. The lowest BCUT2D eigenvalue weighted by molar-refractivity contribution is 0.227. The average Bonchev–Trinajstić information content (AvgIpc) is 2.34. The van der Waals surface area contributed by atoms with Crippen LogP contribution >= 0.6 is 7.60 Å². The molecule has 0 aromatic heterocycles. The third-order valence-corrected chi connectivity index (χ3v) is 4.71. The van der Waals surface area contributed by atoms with Gasteiger partial charge in [0, 0.05) is 0 Å². The fraction of sp³-hybridized carbons (Fsp3) is 0.714. The second kappa shape index (κ2) is 10.5. The maximum absolute atomic E-state index is 12.5.